The summed E-state index contributed by atoms with van der Waals surface area (Å²) in [7, 11) is 3.62. The summed E-state index contributed by atoms with van der Waals surface area (Å²) in [5, 5.41) is 21.2. The van der Waals surface area contributed by atoms with Gasteiger partial charge in [0.25, 0.3) is 5.56 Å². The Hall–Kier alpha value is -1.69. The molecule has 1 unspecified atom stereocenters. The van der Waals surface area contributed by atoms with Crippen molar-refractivity contribution < 1.29 is 10.2 Å². The molecule has 3 heterocycles. The van der Waals surface area contributed by atoms with E-state index >= 15 is 0 Å². The minimum atomic E-state index is -1.01. The highest BCUT2D eigenvalue weighted by Crippen LogP contribution is 2.29. The van der Waals surface area contributed by atoms with E-state index < -0.39 is 12.0 Å². The van der Waals surface area contributed by atoms with Gasteiger partial charge in [0.2, 0.25) is 0 Å². The van der Waals surface area contributed by atoms with Crippen LogP contribution in [0, 0.1) is 0 Å². The van der Waals surface area contributed by atoms with Gasteiger partial charge in [-0.15, -0.1) is 0 Å². The maximum absolute atomic E-state index is 13.0. The zero-order chi connectivity index (χ0) is 21.5. The molecule has 0 aliphatic carbocycles. The van der Waals surface area contributed by atoms with Gasteiger partial charge in [-0.3, -0.25) is 19.2 Å². The standard InChI is InChI=1S/C20H24BrN5O3S/c1-24(2)19(28)25-9-7-20(29,8-10-25)11-26-12-22-16-15(23-30-17(16)18(26)27)13-3-5-14(21)6-4-13/h3-6,12,19,28-29H,7-11H2,1-2H3. The van der Waals surface area contributed by atoms with E-state index in [-0.39, 0.29) is 12.1 Å². The second-order valence-electron chi connectivity index (χ2n) is 7.96. The number of piperidine rings is 1. The third-order valence-corrected chi connectivity index (χ3v) is 6.90. The van der Waals surface area contributed by atoms with Gasteiger partial charge in [-0.25, -0.2) is 4.98 Å². The average Bonchev–Trinajstić information content (AvgIpc) is 3.15. The number of benzene rings is 1. The lowest BCUT2D eigenvalue weighted by Crippen LogP contribution is -2.54. The minimum Gasteiger partial charge on any atom is -0.388 e. The normalized spacial score (nSPS) is 18.2. The molecule has 2 aromatic heterocycles. The lowest BCUT2D eigenvalue weighted by Gasteiger charge is -2.41. The van der Waals surface area contributed by atoms with Crippen molar-refractivity contribution in [2.75, 3.05) is 27.2 Å². The molecule has 3 aromatic rings. The van der Waals surface area contributed by atoms with Gasteiger partial charge in [-0.05, 0) is 50.6 Å². The molecule has 1 atom stereocenters. The monoisotopic (exact) mass is 493 g/mol. The van der Waals surface area contributed by atoms with Crippen LogP contribution in [0.25, 0.3) is 21.5 Å². The second kappa shape index (κ2) is 8.45. The molecular weight excluding hydrogens is 470 g/mol. The number of aliphatic hydroxyl groups excluding tert-OH is 1. The summed E-state index contributed by atoms with van der Waals surface area (Å²) in [5.41, 5.74) is 0.974. The van der Waals surface area contributed by atoms with Crippen molar-refractivity contribution in [2.45, 2.75) is 31.3 Å². The van der Waals surface area contributed by atoms with Gasteiger partial charge in [0, 0.05) is 23.1 Å². The van der Waals surface area contributed by atoms with Crippen molar-refractivity contribution >= 4 is 37.7 Å². The van der Waals surface area contributed by atoms with Gasteiger partial charge >= 0.3 is 0 Å². The van der Waals surface area contributed by atoms with E-state index in [0.29, 0.717) is 41.8 Å². The Morgan fingerprint density at radius 3 is 2.57 bits per heavy atom. The molecule has 1 aromatic carbocycles. The first-order valence-corrected chi connectivity index (χ1v) is 11.3. The smallest absolute Gasteiger partial charge is 0.273 e. The van der Waals surface area contributed by atoms with E-state index in [2.05, 4.69) is 25.3 Å². The fourth-order valence-electron chi connectivity index (χ4n) is 3.74. The summed E-state index contributed by atoms with van der Waals surface area (Å²) in [6, 6.07) is 7.72. The van der Waals surface area contributed by atoms with Gasteiger partial charge in [0.15, 0.2) is 6.35 Å². The Kier molecular flexibility index (Phi) is 6.06. The largest absolute Gasteiger partial charge is 0.388 e. The molecule has 0 amide bonds. The van der Waals surface area contributed by atoms with Gasteiger partial charge in [0.1, 0.15) is 15.9 Å². The maximum atomic E-state index is 13.0. The predicted molar refractivity (Wildman–Crippen MR) is 120 cm³/mol. The molecule has 0 radical (unpaired) electrons. The molecule has 0 saturated carbocycles. The molecule has 30 heavy (non-hydrogen) atoms. The van der Waals surface area contributed by atoms with Crippen LogP contribution in [0.5, 0.6) is 0 Å². The van der Waals surface area contributed by atoms with Crippen LogP contribution < -0.4 is 5.56 Å². The van der Waals surface area contributed by atoms with Crippen molar-refractivity contribution in [3.63, 3.8) is 0 Å². The molecule has 4 rings (SSSR count). The second-order valence-corrected chi connectivity index (χ2v) is 9.65. The molecular formula is C20H24BrN5O3S. The lowest BCUT2D eigenvalue weighted by molar-refractivity contribution is -0.129. The molecule has 1 fully saturated rings. The Balaban J connectivity index is 1.55. The summed E-state index contributed by atoms with van der Waals surface area (Å²) in [5.74, 6) is 0. The third kappa shape index (κ3) is 4.20. The van der Waals surface area contributed by atoms with E-state index in [1.54, 1.807) is 4.90 Å². The van der Waals surface area contributed by atoms with Gasteiger partial charge in [0.05, 0.1) is 18.5 Å². The summed E-state index contributed by atoms with van der Waals surface area (Å²) < 4.78 is 7.39. The molecule has 0 bridgehead atoms. The van der Waals surface area contributed by atoms with E-state index in [4.69, 9.17) is 0 Å². The number of likely N-dealkylation sites (tertiary alicyclic amines) is 1. The van der Waals surface area contributed by atoms with Crippen LogP contribution in [-0.4, -0.2) is 73.1 Å². The summed E-state index contributed by atoms with van der Waals surface area (Å²) in [6.07, 6.45) is 1.76. The summed E-state index contributed by atoms with van der Waals surface area (Å²) in [6.45, 7) is 1.27. The summed E-state index contributed by atoms with van der Waals surface area (Å²) in [4.78, 5) is 21.1. The third-order valence-electron chi connectivity index (χ3n) is 5.55. The van der Waals surface area contributed by atoms with E-state index in [1.807, 2.05) is 43.3 Å². The highest BCUT2D eigenvalue weighted by Gasteiger charge is 2.35. The van der Waals surface area contributed by atoms with Gasteiger partial charge in [-0.2, -0.15) is 4.37 Å². The Bertz CT molecular complexity index is 1090. The van der Waals surface area contributed by atoms with Crippen molar-refractivity contribution in [1.29, 1.82) is 0 Å². The van der Waals surface area contributed by atoms with Crippen molar-refractivity contribution in [2.24, 2.45) is 0 Å². The molecule has 2 N–H and O–H groups in total. The number of aromatic nitrogens is 3. The number of hydrogen-bond acceptors (Lipinski definition) is 8. The minimum absolute atomic E-state index is 0.173. The number of rotatable bonds is 5. The van der Waals surface area contributed by atoms with Crippen LogP contribution >= 0.6 is 27.5 Å². The van der Waals surface area contributed by atoms with Crippen LogP contribution in [0.15, 0.2) is 39.9 Å². The number of fused-ring (bicyclic) bond motifs is 1. The molecule has 8 nitrogen and oxygen atoms in total. The molecule has 0 spiro atoms. The van der Waals surface area contributed by atoms with Crippen LogP contribution in [0.2, 0.25) is 0 Å². The SMILES string of the molecule is CN(C)C(O)N1CCC(O)(Cn2cnc3c(-c4ccc(Br)cc4)nsc3c2=O)CC1. The zero-order valence-corrected chi connectivity index (χ0v) is 19.2. The Labute approximate surface area is 186 Å². The Morgan fingerprint density at radius 2 is 1.93 bits per heavy atom. The molecule has 1 aliphatic heterocycles. The topological polar surface area (TPSA) is 94.7 Å². The fourth-order valence-corrected chi connectivity index (χ4v) is 4.81. The summed E-state index contributed by atoms with van der Waals surface area (Å²) >= 11 is 4.56. The van der Waals surface area contributed by atoms with E-state index in [9.17, 15) is 15.0 Å². The number of aliphatic hydroxyl groups is 2. The lowest BCUT2D eigenvalue weighted by atomic mass is 9.91. The first kappa shape index (κ1) is 21.5. The van der Waals surface area contributed by atoms with Crippen LogP contribution in [-0.2, 0) is 6.54 Å². The van der Waals surface area contributed by atoms with E-state index in [1.165, 1.54) is 10.9 Å². The van der Waals surface area contributed by atoms with E-state index in [0.717, 1.165) is 21.6 Å². The number of halogens is 1. The highest BCUT2D eigenvalue weighted by atomic mass is 79.9. The van der Waals surface area contributed by atoms with Crippen LogP contribution in [0.1, 0.15) is 12.8 Å². The average molecular weight is 494 g/mol. The van der Waals surface area contributed by atoms with Crippen LogP contribution in [0.3, 0.4) is 0 Å². The van der Waals surface area contributed by atoms with Crippen molar-refractivity contribution in [3.05, 3.63) is 45.4 Å². The quantitative estimate of drug-likeness (QED) is 0.524. The zero-order valence-electron chi connectivity index (χ0n) is 16.8. The van der Waals surface area contributed by atoms with Crippen molar-refractivity contribution in [1.82, 2.24) is 23.7 Å². The molecule has 160 valence electrons. The highest BCUT2D eigenvalue weighted by molar-refractivity contribution is 9.10. The van der Waals surface area contributed by atoms with Gasteiger partial charge in [-0.1, -0.05) is 28.1 Å². The fraction of sp³-hybridized carbons (Fsp3) is 0.450. The first-order valence-electron chi connectivity index (χ1n) is 9.69. The Morgan fingerprint density at radius 1 is 1.27 bits per heavy atom. The van der Waals surface area contributed by atoms with Crippen molar-refractivity contribution in [3.8, 4) is 11.3 Å². The molecule has 1 saturated heterocycles. The maximum Gasteiger partial charge on any atom is 0.273 e. The molecule has 1 aliphatic rings. The number of nitrogens with zero attached hydrogens (tertiary/aromatic N) is 5. The predicted octanol–water partition coefficient (Wildman–Crippen LogP) is 1.95. The first-order chi connectivity index (χ1) is 14.3. The number of hydrogen-bond donors (Lipinski definition) is 2. The molecule has 10 heteroatoms. The van der Waals surface area contributed by atoms with Gasteiger partial charge < -0.3 is 10.2 Å². The van der Waals surface area contributed by atoms with Crippen LogP contribution in [0.4, 0.5) is 0 Å².